The Balaban J connectivity index is 1.32. The Kier molecular flexibility index (Phi) is 1.89. The van der Waals surface area contributed by atoms with Crippen LogP contribution in [-0.4, -0.2) is 61.9 Å². The lowest BCUT2D eigenvalue weighted by Gasteiger charge is -2.76. The lowest BCUT2D eigenvalue weighted by molar-refractivity contribution is -0.174. The predicted molar refractivity (Wildman–Crippen MR) is 102 cm³/mol. The van der Waals surface area contributed by atoms with Crippen LogP contribution in [0.3, 0.4) is 0 Å². The Morgan fingerprint density at radius 2 is 1.00 bits per heavy atom. The first-order valence-electron chi connectivity index (χ1n) is 9.51. The van der Waals surface area contributed by atoms with Gasteiger partial charge in [0.25, 0.3) is 0 Å². The minimum absolute atomic E-state index is 0.170. The van der Waals surface area contributed by atoms with Gasteiger partial charge in [0, 0.05) is 15.9 Å². The number of cyclic esters (lactones) is 4. The number of hydrogen-bond acceptors (Lipinski definition) is 10. The van der Waals surface area contributed by atoms with Crippen molar-refractivity contribution >= 4 is 70.9 Å². The smallest absolute Gasteiger partial charge is 0.331 e. The van der Waals surface area contributed by atoms with E-state index in [4.69, 9.17) is 9.47 Å². The molecule has 6 heterocycles. The molecule has 0 N–H and O–H groups in total. The van der Waals surface area contributed by atoms with Crippen molar-refractivity contribution < 1.29 is 28.7 Å². The van der Waals surface area contributed by atoms with Gasteiger partial charge >= 0.3 is 23.9 Å². The van der Waals surface area contributed by atoms with Crippen molar-refractivity contribution in [2.24, 2.45) is 0 Å². The molecule has 6 saturated heterocycles. The predicted octanol–water partition coefficient (Wildman–Crippen LogP) is 1.43. The fourth-order valence-corrected chi connectivity index (χ4v) is 18.0. The van der Waals surface area contributed by atoms with E-state index < -0.39 is 19.0 Å². The monoisotopic (exact) mass is 452 g/mol. The summed E-state index contributed by atoms with van der Waals surface area (Å²) in [5, 5.41) is 0. The normalized spacial score (nSPS) is 70.0. The third-order valence-corrected chi connectivity index (χ3v) is 17.3. The van der Waals surface area contributed by atoms with Crippen LogP contribution in [0.5, 0.6) is 0 Å². The van der Waals surface area contributed by atoms with E-state index in [0.717, 1.165) is 12.8 Å². The second-order valence-corrected chi connectivity index (χ2v) is 16.8. The van der Waals surface area contributed by atoms with Crippen LogP contribution in [0.15, 0.2) is 0 Å². The van der Waals surface area contributed by atoms with Gasteiger partial charge in [0.1, 0.15) is 19.0 Å². The van der Waals surface area contributed by atoms with Gasteiger partial charge < -0.3 is 9.47 Å². The highest BCUT2D eigenvalue weighted by Crippen LogP contribution is 3.00. The molecule has 10 heteroatoms. The number of rotatable bonds is 0. The highest BCUT2D eigenvalue weighted by Gasteiger charge is 3.04. The van der Waals surface area contributed by atoms with Crippen LogP contribution in [0.2, 0.25) is 0 Å². The highest BCUT2D eigenvalue weighted by molar-refractivity contribution is 8.16. The van der Waals surface area contributed by atoms with E-state index in [0.29, 0.717) is 25.7 Å². The van der Waals surface area contributed by atoms with Gasteiger partial charge in [-0.15, -0.1) is 47.0 Å². The number of carbonyl (C=O) groups is 4. The summed E-state index contributed by atoms with van der Waals surface area (Å²) in [6.07, 6.45) is 4.18. The van der Waals surface area contributed by atoms with E-state index in [9.17, 15) is 19.2 Å². The van der Waals surface area contributed by atoms with Gasteiger partial charge in [0.05, 0.1) is 9.49 Å². The summed E-state index contributed by atoms with van der Waals surface area (Å²) in [6, 6.07) is 0. The summed E-state index contributed by atoms with van der Waals surface area (Å²) in [7, 11) is 0. The van der Waals surface area contributed by atoms with Crippen LogP contribution in [0.25, 0.3) is 0 Å². The molecule has 2 saturated carbocycles. The molecule has 28 heavy (non-hydrogen) atoms. The van der Waals surface area contributed by atoms with Gasteiger partial charge in [0.2, 0.25) is 0 Å². The van der Waals surface area contributed by atoms with E-state index in [2.05, 4.69) is 0 Å². The van der Waals surface area contributed by atoms with Crippen molar-refractivity contribution in [1.29, 1.82) is 0 Å². The number of hydrogen-bond donors (Lipinski definition) is 0. The molecule has 6 nitrogen and oxygen atoms in total. The molecule has 0 radical (unpaired) electrons. The van der Waals surface area contributed by atoms with Crippen LogP contribution in [0.1, 0.15) is 38.5 Å². The molecule has 0 aromatic rings. The second-order valence-electron chi connectivity index (χ2n) is 10.1. The van der Waals surface area contributed by atoms with E-state index in [1.54, 1.807) is 47.0 Å². The van der Waals surface area contributed by atoms with E-state index in [1.807, 2.05) is 0 Å². The molecule has 0 aromatic heterocycles. The fourth-order valence-electron chi connectivity index (χ4n) is 8.36. The van der Waals surface area contributed by atoms with Crippen LogP contribution < -0.4 is 0 Å². The molecule has 6 aliphatic heterocycles. The summed E-state index contributed by atoms with van der Waals surface area (Å²) in [5.41, 5.74) is 0. The molecule has 144 valence electrons. The fraction of sp³-hybridized carbons (Fsp3) is 0.778. The first kappa shape index (κ1) is 15.5. The Morgan fingerprint density at radius 1 is 0.536 bits per heavy atom. The number of ether oxygens (including phenoxy) is 2. The van der Waals surface area contributed by atoms with Gasteiger partial charge in [-0.3, -0.25) is 9.59 Å². The zero-order valence-electron chi connectivity index (χ0n) is 14.3. The summed E-state index contributed by atoms with van der Waals surface area (Å²) in [6.45, 7) is 0. The standard InChI is InChI=1S/C18H12O6S4/c19-7-11-1-12(8(20)23-7)3-14(26-12)4-13(2-11,25-11)17-6-18(14)16(28-18)5-15(17,27-17)9(21)24-10(16)22/h1-6H2. The average molecular weight is 453 g/mol. The SMILES string of the molecule is O=C1OC(=O)C23CC14CC1(CC(C2)(S3)C23CC15SC51CC2(S3)C(=O)OC1=O)S4. The van der Waals surface area contributed by atoms with Crippen LogP contribution >= 0.6 is 47.0 Å². The minimum Gasteiger partial charge on any atom is -0.391 e. The molecule has 4 bridgehead atoms. The lowest BCUT2D eigenvalue weighted by atomic mass is 9.49. The maximum atomic E-state index is 12.9. The summed E-state index contributed by atoms with van der Waals surface area (Å²) in [4.78, 5) is 51.2. The molecule has 2 aliphatic carbocycles. The molecular formula is C18H12O6S4. The largest absolute Gasteiger partial charge is 0.391 e. The Labute approximate surface area is 175 Å². The molecule has 0 amide bonds. The lowest BCUT2D eigenvalue weighted by Crippen LogP contribution is -2.84. The number of esters is 4. The Hall–Kier alpha value is -0.320. The van der Waals surface area contributed by atoms with Crippen molar-refractivity contribution in [3.63, 3.8) is 0 Å². The van der Waals surface area contributed by atoms with Crippen molar-refractivity contribution in [1.82, 2.24) is 0 Å². The van der Waals surface area contributed by atoms with Gasteiger partial charge in [-0.05, 0) is 32.1 Å². The third-order valence-electron chi connectivity index (χ3n) is 9.23. The Morgan fingerprint density at radius 3 is 1.50 bits per heavy atom. The van der Waals surface area contributed by atoms with E-state index in [-0.39, 0.29) is 42.9 Å². The number of thioether (sulfide) groups is 4. The minimum atomic E-state index is -0.642. The molecule has 0 aromatic carbocycles. The second kappa shape index (κ2) is 3.42. The van der Waals surface area contributed by atoms with Crippen LogP contribution in [0.4, 0.5) is 0 Å². The van der Waals surface area contributed by atoms with Crippen molar-refractivity contribution in [2.75, 3.05) is 0 Å². The van der Waals surface area contributed by atoms with Crippen molar-refractivity contribution in [2.45, 2.75) is 76.5 Å². The summed E-state index contributed by atoms with van der Waals surface area (Å²) in [5.74, 6) is -1.50. The molecule has 8 fully saturated rings. The molecule has 8 aliphatic rings. The van der Waals surface area contributed by atoms with Crippen molar-refractivity contribution in [3.8, 4) is 0 Å². The maximum Gasteiger partial charge on any atom is 0.331 e. The van der Waals surface area contributed by atoms with E-state index in [1.165, 1.54) is 0 Å². The Bertz CT molecular complexity index is 996. The van der Waals surface area contributed by atoms with Crippen LogP contribution in [-0.2, 0) is 28.7 Å². The molecule has 8 spiro atoms. The zero-order chi connectivity index (χ0) is 18.8. The van der Waals surface area contributed by atoms with E-state index >= 15 is 0 Å². The highest BCUT2D eigenvalue weighted by atomic mass is 32.2. The zero-order valence-corrected chi connectivity index (χ0v) is 17.6. The molecular weight excluding hydrogens is 440 g/mol. The summed E-state index contributed by atoms with van der Waals surface area (Å²) < 4.78 is 7.29. The third kappa shape index (κ3) is 1.02. The van der Waals surface area contributed by atoms with Gasteiger partial charge in [-0.25, -0.2) is 9.59 Å². The quantitative estimate of drug-likeness (QED) is 0.306. The first-order valence-corrected chi connectivity index (χ1v) is 12.8. The molecule has 8 atom stereocenters. The van der Waals surface area contributed by atoms with Crippen molar-refractivity contribution in [3.05, 3.63) is 0 Å². The molecule has 8 unspecified atom stereocenters. The van der Waals surface area contributed by atoms with Gasteiger partial charge in [-0.2, -0.15) is 0 Å². The summed E-state index contributed by atoms with van der Waals surface area (Å²) >= 11 is 6.81. The number of carbonyl (C=O) groups excluding carboxylic acids is 4. The topological polar surface area (TPSA) is 86.7 Å². The average Bonchev–Trinajstić information content (AvgIpc) is 3.37. The first-order chi connectivity index (χ1) is 13.2. The molecule has 8 rings (SSSR count). The van der Waals surface area contributed by atoms with Gasteiger partial charge in [-0.1, -0.05) is 0 Å². The maximum absolute atomic E-state index is 12.9. The van der Waals surface area contributed by atoms with Crippen LogP contribution in [0, 0.1) is 0 Å². The van der Waals surface area contributed by atoms with Gasteiger partial charge in [0.15, 0.2) is 0 Å².